The van der Waals surface area contributed by atoms with Crippen molar-refractivity contribution in [1.82, 2.24) is 4.90 Å². The summed E-state index contributed by atoms with van der Waals surface area (Å²) < 4.78 is 0. The third-order valence-electron chi connectivity index (χ3n) is 3.93. The molecule has 0 radical (unpaired) electrons. The lowest BCUT2D eigenvalue weighted by Crippen LogP contribution is -2.45. The quantitative estimate of drug-likeness (QED) is 0.858. The molecule has 0 bridgehead atoms. The Morgan fingerprint density at radius 1 is 1.33 bits per heavy atom. The van der Waals surface area contributed by atoms with Crippen LogP contribution in [0.25, 0.3) is 6.08 Å². The first kappa shape index (κ1) is 16.3. The lowest BCUT2D eigenvalue weighted by molar-refractivity contribution is -0.130. The van der Waals surface area contributed by atoms with Gasteiger partial charge in [-0.3, -0.25) is 4.79 Å². The fraction of sp³-hybridized carbons (Fsp3) is 0.438. The molecule has 1 fully saturated rings. The van der Waals surface area contributed by atoms with Gasteiger partial charge in [0.25, 0.3) is 0 Å². The van der Waals surface area contributed by atoms with Crippen LogP contribution in [-0.4, -0.2) is 35.1 Å². The highest BCUT2D eigenvalue weighted by Gasteiger charge is 2.28. The van der Waals surface area contributed by atoms with E-state index in [1.807, 2.05) is 0 Å². The van der Waals surface area contributed by atoms with Crippen LogP contribution in [0.4, 0.5) is 0 Å². The standard InChI is InChI=1S/C16H19Cl2NO2/c1-19(13-7-2-3-8-14(13)20)15(21)10-9-11-5-4-6-12(17)16(11)18/h4-6,9-10,13-14,20H,2-3,7-8H2,1H3/b10-9+. The first-order chi connectivity index (χ1) is 10.0. The van der Waals surface area contributed by atoms with E-state index >= 15 is 0 Å². The second kappa shape index (κ2) is 7.30. The van der Waals surface area contributed by atoms with Crippen LogP contribution in [0.15, 0.2) is 24.3 Å². The van der Waals surface area contributed by atoms with Gasteiger partial charge in [0, 0.05) is 13.1 Å². The number of carbonyl (C=O) groups is 1. The molecule has 1 N–H and O–H groups in total. The largest absolute Gasteiger partial charge is 0.391 e. The predicted molar refractivity (Wildman–Crippen MR) is 86.5 cm³/mol. The molecule has 0 saturated heterocycles. The summed E-state index contributed by atoms with van der Waals surface area (Å²) >= 11 is 12.0. The number of nitrogens with zero attached hydrogens (tertiary/aromatic N) is 1. The van der Waals surface area contributed by atoms with Gasteiger partial charge in [-0.1, -0.05) is 48.2 Å². The van der Waals surface area contributed by atoms with Gasteiger partial charge in [0.1, 0.15) is 0 Å². The molecule has 0 aliphatic heterocycles. The van der Waals surface area contributed by atoms with Crippen molar-refractivity contribution >= 4 is 35.2 Å². The van der Waals surface area contributed by atoms with Gasteiger partial charge in [0.05, 0.1) is 22.2 Å². The zero-order chi connectivity index (χ0) is 15.4. The average molecular weight is 328 g/mol. The molecule has 21 heavy (non-hydrogen) atoms. The van der Waals surface area contributed by atoms with Gasteiger partial charge in [0.15, 0.2) is 0 Å². The molecule has 2 atom stereocenters. The molecule has 0 spiro atoms. The highest BCUT2D eigenvalue weighted by molar-refractivity contribution is 6.42. The summed E-state index contributed by atoms with van der Waals surface area (Å²) in [5, 5.41) is 10.9. The second-order valence-corrected chi connectivity index (χ2v) is 6.13. The van der Waals surface area contributed by atoms with Crippen molar-refractivity contribution in [2.45, 2.75) is 37.8 Å². The van der Waals surface area contributed by atoms with E-state index in [2.05, 4.69) is 0 Å². The number of carbonyl (C=O) groups excluding carboxylic acids is 1. The molecule has 1 aliphatic rings. The maximum Gasteiger partial charge on any atom is 0.246 e. The number of benzene rings is 1. The molecule has 0 aromatic heterocycles. The molecule has 2 unspecified atom stereocenters. The van der Waals surface area contributed by atoms with Gasteiger partial charge in [0.2, 0.25) is 5.91 Å². The second-order valence-electron chi connectivity index (χ2n) is 5.34. The molecule has 114 valence electrons. The molecule has 1 amide bonds. The number of hydrogen-bond donors (Lipinski definition) is 1. The van der Waals surface area contributed by atoms with E-state index in [1.165, 1.54) is 6.08 Å². The van der Waals surface area contributed by atoms with Crippen molar-refractivity contribution in [2.75, 3.05) is 7.05 Å². The van der Waals surface area contributed by atoms with E-state index in [9.17, 15) is 9.90 Å². The summed E-state index contributed by atoms with van der Waals surface area (Å²) in [7, 11) is 1.73. The van der Waals surface area contributed by atoms with Gasteiger partial charge in [-0.15, -0.1) is 0 Å². The fourth-order valence-corrected chi connectivity index (χ4v) is 3.01. The van der Waals surface area contributed by atoms with Crippen LogP contribution in [0.3, 0.4) is 0 Å². The predicted octanol–water partition coefficient (Wildman–Crippen LogP) is 3.77. The molecule has 5 heteroatoms. The normalized spacial score (nSPS) is 22.5. The van der Waals surface area contributed by atoms with E-state index in [4.69, 9.17) is 23.2 Å². The Labute approximate surface area is 135 Å². The van der Waals surface area contributed by atoms with Crippen molar-refractivity contribution < 1.29 is 9.90 Å². The highest BCUT2D eigenvalue weighted by atomic mass is 35.5. The zero-order valence-electron chi connectivity index (χ0n) is 11.9. The Hall–Kier alpha value is -1.03. The zero-order valence-corrected chi connectivity index (χ0v) is 13.4. The molecule has 3 nitrogen and oxygen atoms in total. The summed E-state index contributed by atoms with van der Waals surface area (Å²) in [6.45, 7) is 0. The average Bonchev–Trinajstić information content (AvgIpc) is 2.48. The Morgan fingerprint density at radius 3 is 2.76 bits per heavy atom. The first-order valence-corrected chi connectivity index (χ1v) is 7.83. The first-order valence-electron chi connectivity index (χ1n) is 7.07. The molecule has 1 saturated carbocycles. The van der Waals surface area contributed by atoms with Crippen molar-refractivity contribution in [2.24, 2.45) is 0 Å². The number of rotatable bonds is 3. The van der Waals surface area contributed by atoms with E-state index < -0.39 is 6.10 Å². The number of amides is 1. The smallest absolute Gasteiger partial charge is 0.246 e. The molecule has 2 rings (SSSR count). The van der Waals surface area contributed by atoms with Crippen molar-refractivity contribution in [1.29, 1.82) is 0 Å². The Morgan fingerprint density at radius 2 is 2.05 bits per heavy atom. The Balaban J connectivity index is 2.06. The van der Waals surface area contributed by atoms with Crippen molar-refractivity contribution in [3.63, 3.8) is 0 Å². The maximum absolute atomic E-state index is 12.2. The summed E-state index contributed by atoms with van der Waals surface area (Å²) in [4.78, 5) is 13.8. The monoisotopic (exact) mass is 327 g/mol. The number of halogens is 2. The molecule has 1 aromatic rings. The van der Waals surface area contributed by atoms with Crippen LogP contribution < -0.4 is 0 Å². The van der Waals surface area contributed by atoms with Crippen LogP contribution in [0.1, 0.15) is 31.2 Å². The minimum absolute atomic E-state index is 0.106. The van der Waals surface area contributed by atoms with Gasteiger partial charge in [-0.25, -0.2) is 0 Å². The highest BCUT2D eigenvalue weighted by Crippen LogP contribution is 2.27. The molecule has 0 heterocycles. The summed E-state index contributed by atoms with van der Waals surface area (Å²) in [6.07, 6.45) is 6.36. The molecule has 1 aromatic carbocycles. The molecule has 1 aliphatic carbocycles. The lowest BCUT2D eigenvalue weighted by atomic mass is 9.91. The lowest BCUT2D eigenvalue weighted by Gasteiger charge is -2.34. The molecular weight excluding hydrogens is 309 g/mol. The Bertz CT molecular complexity index is 545. The van der Waals surface area contributed by atoms with E-state index in [0.717, 1.165) is 25.7 Å². The van der Waals surface area contributed by atoms with Crippen LogP contribution in [-0.2, 0) is 4.79 Å². The third kappa shape index (κ3) is 4.00. The minimum atomic E-state index is -0.434. The summed E-state index contributed by atoms with van der Waals surface area (Å²) in [5.41, 5.74) is 0.704. The van der Waals surface area contributed by atoms with Crippen LogP contribution >= 0.6 is 23.2 Å². The van der Waals surface area contributed by atoms with Crippen molar-refractivity contribution in [3.05, 3.63) is 39.9 Å². The summed E-state index contributed by atoms with van der Waals surface area (Å²) in [5.74, 6) is -0.142. The van der Waals surface area contributed by atoms with Gasteiger partial charge in [-0.05, 0) is 30.5 Å². The van der Waals surface area contributed by atoms with Gasteiger partial charge in [-0.2, -0.15) is 0 Å². The molecular formula is C16H19Cl2NO2. The fourth-order valence-electron chi connectivity index (χ4n) is 2.63. The Kier molecular flexibility index (Phi) is 5.68. The van der Waals surface area contributed by atoms with Gasteiger partial charge >= 0.3 is 0 Å². The maximum atomic E-state index is 12.2. The van der Waals surface area contributed by atoms with Crippen molar-refractivity contribution in [3.8, 4) is 0 Å². The van der Waals surface area contributed by atoms with Crippen LogP contribution in [0.5, 0.6) is 0 Å². The van der Waals surface area contributed by atoms with Crippen LogP contribution in [0, 0.1) is 0 Å². The number of aliphatic hydroxyl groups excluding tert-OH is 1. The van der Waals surface area contributed by atoms with E-state index in [-0.39, 0.29) is 11.9 Å². The summed E-state index contributed by atoms with van der Waals surface area (Å²) in [6, 6.07) is 5.18. The van der Waals surface area contributed by atoms with Crippen LogP contribution in [0.2, 0.25) is 10.0 Å². The third-order valence-corrected chi connectivity index (χ3v) is 4.76. The number of likely N-dealkylation sites (N-methyl/N-ethyl adjacent to an activating group) is 1. The number of hydrogen-bond acceptors (Lipinski definition) is 2. The minimum Gasteiger partial charge on any atom is -0.391 e. The van der Waals surface area contributed by atoms with Gasteiger partial charge < -0.3 is 10.0 Å². The SMILES string of the molecule is CN(C(=O)/C=C/c1cccc(Cl)c1Cl)C1CCCCC1O. The van der Waals surface area contributed by atoms with E-state index in [0.29, 0.717) is 15.6 Å². The number of aliphatic hydroxyl groups is 1. The topological polar surface area (TPSA) is 40.5 Å². The van der Waals surface area contributed by atoms with E-state index in [1.54, 1.807) is 36.2 Å².